The van der Waals surface area contributed by atoms with E-state index in [9.17, 15) is 4.79 Å². The largest absolute Gasteiger partial charge is 0.495 e. The Balaban J connectivity index is 1.48. The lowest BCUT2D eigenvalue weighted by Gasteiger charge is -2.07. The lowest BCUT2D eigenvalue weighted by molar-refractivity contribution is 0.417. The summed E-state index contributed by atoms with van der Waals surface area (Å²) in [5.74, 6) is 1.86. The van der Waals surface area contributed by atoms with Gasteiger partial charge in [0.2, 0.25) is 5.13 Å². The molecule has 0 aliphatic rings. The Labute approximate surface area is 169 Å². The van der Waals surface area contributed by atoms with Gasteiger partial charge in [-0.05, 0) is 30.7 Å². The van der Waals surface area contributed by atoms with Crippen molar-refractivity contribution in [3.05, 3.63) is 64.2 Å². The maximum absolute atomic E-state index is 12.3. The first-order valence-electron chi connectivity index (χ1n) is 8.49. The maximum atomic E-state index is 12.3. The first-order chi connectivity index (χ1) is 13.6. The Morgan fingerprint density at radius 1 is 1.18 bits per heavy atom. The molecule has 0 saturated carbocycles. The molecule has 0 unspecified atom stereocenters. The van der Waals surface area contributed by atoms with Gasteiger partial charge in [-0.3, -0.25) is 4.79 Å². The topological polar surface area (TPSA) is 92.8 Å². The summed E-state index contributed by atoms with van der Waals surface area (Å²) in [6.45, 7) is 1.95. The Morgan fingerprint density at radius 3 is 2.89 bits per heavy atom. The zero-order valence-electron chi connectivity index (χ0n) is 15.2. The number of aromatic nitrogens is 4. The van der Waals surface area contributed by atoms with Crippen molar-refractivity contribution in [1.82, 2.24) is 20.2 Å². The Hall–Kier alpha value is -2.91. The second-order valence-corrected chi connectivity index (χ2v) is 8.17. The molecule has 0 amide bonds. The number of nitrogens with zero attached hydrogens (tertiary/aromatic N) is 3. The SMILES string of the molecule is COc1ccccc1Nc1nnc(SCc2nc3c(C)cccc3c(=O)[nH]2)s1. The predicted octanol–water partition coefficient (Wildman–Crippen LogP) is 4.13. The van der Waals surface area contributed by atoms with Gasteiger partial charge >= 0.3 is 0 Å². The number of rotatable bonds is 6. The van der Waals surface area contributed by atoms with Crippen LogP contribution in [0.1, 0.15) is 11.4 Å². The Morgan fingerprint density at radius 2 is 2.04 bits per heavy atom. The van der Waals surface area contributed by atoms with E-state index >= 15 is 0 Å². The monoisotopic (exact) mass is 411 g/mol. The van der Waals surface area contributed by atoms with Crippen LogP contribution in [0.5, 0.6) is 5.75 Å². The molecule has 0 atom stereocenters. The smallest absolute Gasteiger partial charge is 0.258 e. The number of hydrogen-bond acceptors (Lipinski definition) is 8. The van der Waals surface area contributed by atoms with Gasteiger partial charge in [0, 0.05) is 0 Å². The summed E-state index contributed by atoms with van der Waals surface area (Å²) in [4.78, 5) is 19.7. The molecule has 2 heterocycles. The predicted molar refractivity (Wildman–Crippen MR) is 113 cm³/mol. The van der Waals surface area contributed by atoms with E-state index in [1.807, 2.05) is 43.3 Å². The molecule has 0 fully saturated rings. The van der Waals surface area contributed by atoms with Crippen LogP contribution in [0.4, 0.5) is 10.8 Å². The van der Waals surface area contributed by atoms with E-state index in [4.69, 9.17) is 4.74 Å². The number of benzene rings is 2. The molecule has 0 aliphatic carbocycles. The van der Waals surface area contributed by atoms with Gasteiger partial charge < -0.3 is 15.0 Å². The Bertz CT molecular complexity index is 1190. The molecule has 2 aromatic carbocycles. The summed E-state index contributed by atoms with van der Waals surface area (Å²) >= 11 is 2.91. The van der Waals surface area contributed by atoms with Crippen molar-refractivity contribution < 1.29 is 4.74 Å². The summed E-state index contributed by atoms with van der Waals surface area (Å²) in [6.07, 6.45) is 0. The van der Waals surface area contributed by atoms with Crippen molar-refractivity contribution in [3.63, 3.8) is 0 Å². The van der Waals surface area contributed by atoms with Crippen molar-refractivity contribution in [2.24, 2.45) is 0 Å². The molecule has 0 radical (unpaired) electrons. The van der Waals surface area contributed by atoms with Crippen LogP contribution in [-0.4, -0.2) is 27.3 Å². The minimum Gasteiger partial charge on any atom is -0.495 e. The highest BCUT2D eigenvalue weighted by Gasteiger charge is 2.10. The molecule has 0 spiro atoms. The molecule has 4 rings (SSSR count). The molecule has 142 valence electrons. The number of anilines is 2. The number of thioether (sulfide) groups is 1. The summed E-state index contributed by atoms with van der Waals surface area (Å²) in [7, 11) is 1.63. The van der Waals surface area contributed by atoms with Gasteiger partial charge in [-0.15, -0.1) is 10.2 Å². The minimum absolute atomic E-state index is 0.125. The fourth-order valence-electron chi connectivity index (χ4n) is 2.73. The molecular weight excluding hydrogens is 394 g/mol. The number of fused-ring (bicyclic) bond motifs is 1. The van der Waals surface area contributed by atoms with Gasteiger partial charge in [-0.1, -0.05) is 47.4 Å². The zero-order chi connectivity index (χ0) is 19.5. The number of methoxy groups -OCH3 is 1. The fourth-order valence-corrected chi connectivity index (χ4v) is 4.37. The van der Waals surface area contributed by atoms with Crippen LogP contribution >= 0.6 is 23.1 Å². The highest BCUT2D eigenvalue weighted by atomic mass is 32.2. The van der Waals surface area contributed by atoms with E-state index in [-0.39, 0.29) is 5.56 Å². The second kappa shape index (κ2) is 7.99. The van der Waals surface area contributed by atoms with Crippen molar-refractivity contribution in [2.75, 3.05) is 12.4 Å². The molecule has 9 heteroatoms. The first-order valence-corrected chi connectivity index (χ1v) is 10.3. The van der Waals surface area contributed by atoms with Crippen molar-refractivity contribution in [3.8, 4) is 5.75 Å². The van der Waals surface area contributed by atoms with Crippen LogP contribution in [0.15, 0.2) is 51.6 Å². The average Bonchev–Trinajstić information content (AvgIpc) is 3.15. The normalized spacial score (nSPS) is 10.9. The van der Waals surface area contributed by atoms with Gasteiger partial charge in [-0.25, -0.2) is 4.98 Å². The van der Waals surface area contributed by atoms with Crippen LogP contribution in [0.25, 0.3) is 10.9 Å². The van der Waals surface area contributed by atoms with E-state index in [0.717, 1.165) is 26.9 Å². The molecule has 0 aliphatic heterocycles. The van der Waals surface area contributed by atoms with Crippen LogP contribution < -0.4 is 15.6 Å². The third-order valence-electron chi connectivity index (χ3n) is 4.07. The van der Waals surface area contributed by atoms with E-state index in [0.29, 0.717) is 22.1 Å². The van der Waals surface area contributed by atoms with E-state index in [2.05, 4.69) is 25.5 Å². The number of aromatic amines is 1. The van der Waals surface area contributed by atoms with Gasteiger partial charge in [0.15, 0.2) is 4.34 Å². The van der Waals surface area contributed by atoms with Crippen LogP contribution in [0, 0.1) is 6.92 Å². The van der Waals surface area contributed by atoms with Crippen LogP contribution in [-0.2, 0) is 5.75 Å². The maximum Gasteiger partial charge on any atom is 0.258 e. The number of H-pyrrole nitrogens is 1. The van der Waals surface area contributed by atoms with E-state index in [1.165, 1.54) is 23.1 Å². The first kappa shape index (κ1) is 18.5. The average molecular weight is 412 g/mol. The van der Waals surface area contributed by atoms with Gasteiger partial charge in [-0.2, -0.15) is 0 Å². The Kier molecular flexibility index (Phi) is 5.27. The van der Waals surface area contributed by atoms with Gasteiger partial charge in [0.1, 0.15) is 11.6 Å². The van der Waals surface area contributed by atoms with Crippen molar-refractivity contribution in [1.29, 1.82) is 0 Å². The number of hydrogen-bond donors (Lipinski definition) is 2. The molecule has 2 N–H and O–H groups in total. The number of ether oxygens (including phenoxy) is 1. The minimum atomic E-state index is -0.125. The standard InChI is InChI=1S/C19H17N5O2S2/c1-11-6-5-7-12-16(11)21-15(22-17(12)25)10-27-19-24-23-18(28-19)20-13-8-3-4-9-14(13)26-2/h3-9H,10H2,1-2H3,(H,20,23)(H,21,22,25). The lowest BCUT2D eigenvalue weighted by atomic mass is 10.1. The third kappa shape index (κ3) is 3.85. The van der Waals surface area contributed by atoms with Crippen LogP contribution in [0.2, 0.25) is 0 Å². The van der Waals surface area contributed by atoms with E-state index < -0.39 is 0 Å². The molecule has 4 aromatic rings. The summed E-state index contributed by atoms with van der Waals surface area (Å²) < 4.78 is 6.11. The zero-order valence-corrected chi connectivity index (χ0v) is 16.9. The highest BCUT2D eigenvalue weighted by Crippen LogP contribution is 2.32. The fraction of sp³-hybridized carbons (Fsp3) is 0.158. The van der Waals surface area contributed by atoms with Gasteiger partial charge in [0.05, 0.1) is 29.5 Å². The van der Waals surface area contributed by atoms with Crippen molar-refractivity contribution >= 4 is 44.8 Å². The highest BCUT2D eigenvalue weighted by molar-refractivity contribution is 8.00. The third-order valence-corrected chi connectivity index (χ3v) is 6.06. The van der Waals surface area contributed by atoms with E-state index in [1.54, 1.807) is 13.2 Å². The number of para-hydroxylation sites is 3. The summed E-state index contributed by atoms with van der Waals surface area (Å²) in [5.41, 5.74) is 2.42. The lowest BCUT2D eigenvalue weighted by Crippen LogP contribution is -2.11. The molecule has 7 nitrogen and oxygen atoms in total. The summed E-state index contributed by atoms with van der Waals surface area (Å²) in [5, 5.41) is 12.9. The number of aryl methyl sites for hydroxylation is 1. The molecule has 2 aromatic heterocycles. The number of nitrogens with one attached hydrogen (secondary N) is 2. The van der Waals surface area contributed by atoms with Gasteiger partial charge in [0.25, 0.3) is 5.56 Å². The molecule has 0 bridgehead atoms. The van der Waals surface area contributed by atoms with Crippen molar-refractivity contribution in [2.45, 2.75) is 17.0 Å². The van der Waals surface area contributed by atoms with Crippen LogP contribution in [0.3, 0.4) is 0 Å². The molecular formula is C19H17N5O2S2. The molecule has 28 heavy (non-hydrogen) atoms. The second-order valence-electron chi connectivity index (χ2n) is 5.97. The summed E-state index contributed by atoms with van der Waals surface area (Å²) in [6, 6.07) is 13.2. The quantitative estimate of drug-likeness (QED) is 0.461. The molecule has 0 saturated heterocycles.